The van der Waals surface area contributed by atoms with Crippen LogP contribution in [0.25, 0.3) is 0 Å². The monoisotopic (exact) mass is 383 g/mol. The number of rotatable bonds is 8. The quantitative estimate of drug-likeness (QED) is 0.686. The maximum atomic E-state index is 10.7. The molecule has 0 aromatic heterocycles. The topological polar surface area (TPSA) is 47.9 Å². The summed E-state index contributed by atoms with van der Waals surface area (Å²) in [6.45, 7) is 3.16. The van der Waals surface area contributed by atoms with Gasteiger partial charge in [0.2, 0.25) is 0 Å². The second-order valence-corrected chi connectivity index (χ2v) is 6.35. The Morgan fingerprint density at radius 2 is 1.84 bits per heavy atom. The first-order valence-electron chi connectivity index (χ1n) is 7.69. The van der Waals surface area contributed by atoms with Crippen LogP contribution in [0, 0.1) is 6.61 Å². The molecular weight excluding hydrogens is 363 g/mol. The van der Waals surface area contributed by atoms with Crippen LogP contribution in [0.15, 0.2) is 42.5 Å². The summed E-state index contributed by atoms with van der Waals surface area (Å²) in [5.74, 6) is 0. The van der Waals surface area contributed by atoms with Crippen LogP contribution in [0.3, 0.4) is 0 Å². The van der Waals surface area contributed by atoms with E-state index in [1.807, 2.05) is 24.3 Å². The molecule has 2 aromatic carbocycles. The number of aliphatic hydroxyl groups is 1. The first-order chi connectivity index (χ1) is 12.0. The molecule has 0 aliphatic heterocycles. The number of aliphatic hydroxyl groups excluding tert-OH is 1. The van der Waals surface area contributed by atoms with Gasteiger partial charge in [-0.25, -0.2) is 0 Å². The van der Waals surface area contributed by atoms with Gasteiger partial charge in [-0.2, -0.15) is 0 Å². The van der Waals surface area contributed by atoms with Gasteiger partial charge in [-0.05, 0) is 24.6 Å². The lowest BCUT2D eigenvalue weighted by molar-refractivity contribution is -0.158. The Morgan fingerprint density at radius 3 is 2.40 bits per heavy atom. The maximum absolute atomic E-state index is 10.7. The molecule has 0 saturated heterocycles. The molecule has 0 heterocycles. The molecule has 4 nitrogen and oxygen atoms in total. The molecule has 6 heteroatoms. The zero-order chi connectivity index (χ0) is 18.4. The van der Waals surface area contributed by atoms with Crippen LogP contribution in [0.5, 0.6) is 0 Å². The van der Waals surface area contributed by atoms with E-state index in [0.717, 1.165) is 5.56 Å². The van der Waals surface area contributed by atoms with Crippen LogP contribution in [-0.2, 0) is 19.8 Å². The summed E-state index contributed by atoms with van der Waals surface area (Å²) in [5, 5.41) is 11.6. The fourth-order valence-electron chi connectivity index (χ4n) is 2.80. The van der Waals surface area contributed by atoms with Crippen LogP contribution >= 0.6 is 23.2 Å². The molecule has 135 valence electrons. The predicted molar refractivity (Wildman–Crippen MR) is 98.7 cm³/mol. The largest absolute Gasteiger partial charge is 0.390 e. The number of benzene rings is 2. The Kier molecular flexibility index (Phi) is 7.25. The van der Waals surface area contributed by atoms with E-state index in [9.17, 15) is 5.11 Å². The van der Waals surface area contributed by atoms with Crippen LogP contribution in [-0.4, -0.2) is 32.2 Å². The van der Waals surface area contributed by atoms with E-state index < -0.39 is 11.7 Å². The van der Waals surface area contributed by atoms with Gasteiger partial charge in [0, 0.05) is 35.4 Å². The van der Waals surface area contributed by atoms with E-state index in [-0.39, 0.29) is 6.79 Å². The number of ether oxygens (including phenoxy) is 3. The molecule has 0 aliphatic carbocycles. The molecule has 2 rings (SSSR count). The van der Waals surface area contributed by atoms with Crippen molar-refractivity contribution in [1.82, 2.24) is 0 Å². The van der Waals surface area contributed by atoms with Crippen molar-refractivity contribution < 1.29 is 19.3 Å². The third-order valence-electron chi connectivity index (χ3n) is 3.94. The Labute approximate surface area is 158 Å². The summed E-state index contributed by atoms with van der Waals surface area (Å²) >= 11 is 12.8. The summed E-state index contributed by atoms with van der Waals surface area (Å²) in [5.41, 5.74) is 0.774. The van der Waals surface area contributed by atoms with Gasteiger partial charge < -0.3 is 19.3 Å². The van der Waals surface area contributed by atoms with Crippen LogP contribution < -0.4 is 0 Å². The van der Waals surface area contributed by atoms with Crippen molar-refractivity contribution in [3.63, 3.8) is 0 Å². The van der Waals surface area contributed by atoms with Crippen molar-refractivity contribution in [2.45, 2.75) is 18.6 Å². The predicted octanol–water partition coefficient (Wildman–Crippen LogP) is 4.39. The molecule has 0 aliphatic rings. The minimum atomic E-state index is -1.23. The highest BCUT2D eigenvalue weighted by Gasteiger charge is 2.42. The lowest BCUT2D eigenvalue weighted by Crippen LogP contribution is -2.42. The molecule has 1 N–H and O–H groups in total. The van der Waals surface area contributed by atoms with Gasteiger partial charge in [0.15, 0.2) is 0 Å². The fourth-order valence-corrected chi connectivity index (χ4v) is 3.30. The average Bonchev–Trinajstić information content (AvgIpc) is 2.59. The lowest BCUT2D eigenvalue weighted by Gasteiger charge is -2.38. The van der Waals surface area contributed by atoms with Crippen LogP contribution in [0.2, 0.25) is 10.0 Å². The second-order valence-electron chi connectivity index (χ2n) is 5.53. The molecule has 0 bridgehead atoms. The van der Waals surface area contributed by atoms with E-state index in [1.54, 1.807) is 38.8 Å². The van der Waals surface area contributed by atoms with Gasteiger partial charge >= 0.3 is 0 Å². The van der Waals surface area contributed by atoms with Crippen molar-refractivity contribution in [2.75, 3.05) is 21.0 Å². The van der Waals surface area contributed by atoms with E-state index in [4.69, 9.17) is 37.4 Å². The number of methoxy groups -OCH3 is 2. The zero-order valence-electron chi connectivity index (χ0n) is 14.3. The standard InChI is InChI=1S/C19H21Cl2O4/c1-13(22)19(25-12-24-3,16-6-4-5-7-17(16)20)15-9-8-14(11-23-2)18(21)10-15/h4-11,13,22H,12H2,1-3H3/t13-,19-/m1/s1. The van der Waals surface area contributed by atoms with Crippen LogP contribution in [0.1, 0.15) is 23.6 Å². The Morgan fingerprint density at radius 1 is 1.12 bits per heavy atom. The third-order valence-corrected chi connectivity index (χ3v) is 4.60. The molecule has 1 radical (unpaired) electrons. The summed E-state index contributed by atoms with van der Waals surface area (Å²) in [6.07, 6.45) is -0.920. The molecule has 2 aromatic rings. The SMILES string of the molecule is CO[CH]c1ccc([C@@](OCOC)(c2ccccc2Cl)[C@@H](C)O)cc1Cl. The van der Waals surface area contributed by atoms with Crippen molar-refractivity contribution >= 4 is 23.2 Å². The molecule has 0 amide bonds. The lowest BCUT2D eigenvalue weighted by atomic mass is 9.81. The van der Waals surface area contributed by atoms with Gasteiger partial charge in [0.25, 0.3) is 0 Å². The van der Waals surface area contributed by atoms with Crippen molar-refractivity contribution in [2.24, 2.45) is 0 Å². The van der Waals surface area contributed by atoms with Gasteiger partial charge in [-0.1, -0.05) is 53.5 Å². The van der Waals surface area contributed by atoms with Crippen molar-refractivity contribution in [3.05, 3.63) is 75.8 Å². The molecule has 0 unspecified atom stereocenters. The summed E-state index contributed by atoms with van der Waals surface area (Å²) in [4.78, 5) is 0. The molecule has 0 spiro atoms. The minimum absolute atomic E-state index is 0.0281. The maximum Gasteiger partial charge on any atom is 0.148 e. The average molecular weight is 384 g/mol. The zero-order valence-corrected chi connectivity index (χ0v) is 15.8. The second kappa shape index (κ2) is 8.99. The number of hydrogen-bond acceptors (Lipinski definition) is 4. The van der Waals surface area contributed by atoms with Crippen LogP contribution in [0.4, 0.5) is 0 Å². The van der Waals surface area contributed by atoms with E-state index in [1.165, 1.54) is 7.11 Å². The summed E-state index contributed by atoms with van der Waals surface area (Å²) in [7, 11) is 3.07. The highest BCUT2D eigenvalue weighted by molar-refractivity contribution is 6.32. The van der Waals surface area contributed by atoms with Gasteiger partial charge in [-0.15, -0.1) is 0 Å². The molecule has 25 heavy (non-hydrogen) atoms. The van der Waals surface area contributed by atoms with E-state index in [0.29, 0.717) is 21.2 Å². The first kappa shape index (κ1) is 20.2. The third kappa shape index (κ3) is 4.17. The smallest absolute Gasteiger partial charge is 0.148 e. The summed E-state index contributed by atoms with van der Waals surface area (Å²) < 4.78 is 16.1. The highest BCUT2D eigenvalue weighted by atomic mass is 35.5. The highest BCUT2D eigenvalue weighted by Crippen LogP contribution is 2.42. The van der Waals surface area contributed by atoms with E-state index >= 15 is 0 Å². The van der Waals surface area contributed by atoms with E-state index in [2.05, 4.69) is 0 Å². The van der Waals surface area contributed by atoms with Gasteiger partial charge in [0.1, 0.15) is 19.0 Å². The van der Waals surface area contributed by atoms with Gasteiger partial charge in [-0.3, -0.25) is 0 Å². The normalized spacial score (nSPS) is 15.0. The Bertz CT molecular complexity index is 706. The summed E-state index contributed by atoms with van der Waals surface area (Å²) in [6, 6.07) is 12.6. The number of hydrogen-bond donors (Lipinski definition) is 1. The Hall–Kier alpha value is -1.14. The van der Waals surface area contributed by atoms with Gasteiger partial charge in [0.05, 0.1) is 6.10 Å². The minimum Gasteiger partial charge on any atom is -0.390 e. The first-order valence-corrected chi connectivity index (χ1v) is 8.45. The molecule has 0 fully saturated rings. The fraction of sp³-hybridized carbons (Fsp3) is 0.316. The molecular formula is C19H21Cl2O4. The molecule has 2 atom stereocenters. The number of halogens is 2. The van der Waals surface area contributed by atoms with Crippen molar-refractivity contribution in [1.29, 1.82) is 0 Å². The van der Waals surface area contributed by atoms with Crippen molar-refractivity contribution in [3.8, 4) is 0 Å². The Balaban J connectivity index is 2.66. The molecule has 0 saturated carbocycles.